The molecule has 0 fully saturated rings. The van der Waals surface area contributed by atoms with Gasteiger partial charge in [-0.2, -0.15) is 0 Å². The molecule has 8 heteroatoms. The van der Waals surface area contributed by atoms with Crippen molar-refractivity contribution >= 4 is 5.97 Å². The number of methoxy groups -OCH3 is 4. The number of hydrogen-bond acceptors (Lipinski definition) is 8. The van der Waals surface area contributed by atoms with Crippen LogP contribution in [-0.4, -0.2) is 45.6 Å². The van der Waals surface area contributed by atoms with Gasteiger partial charge in [0.1, 0.15) is 6.10 Å². The van der Waals surface area contributed by atoms with E-state index in [0.717, 1.165) is 11.8 Å². The van der Waals surface area contributed by atoms with Crippen molar-refractivity contribution in [1.82, 2.24) is 0 Å². The highest BCUT2D eigenvalue weighted by atomic mass is 16.6. The monoisotopic (exact) mass is 446 g/mol. The van der Waals surface area contributed by atoms with Gasteiger partial charge in [0.25, 0.3) is 0 Å². The van der Waals surface area contributed by atoms with E-state index in [-0.39, 0.29) is 0 Å². The first-order valence-corrected chi connectivity index (χ1v) is 9.98. The lowest BCUT2D eigenvalue weighted by atomic mass is 10.0. The van der Waals surface area contributed by atoms with Gasteiger partial charge in [0.15, 0.2) is 29.1 Å². The van der Waals surface area contributed by atoms with Gasteiger partial charge in [0.05, 0.1) is 34.7 Å². The molecular weight excluding hydrogens is 416 g/mol. The Balaban J connectivity index is 2.43. The summed E-state index contributed by atoms with van der Waals surface area (Å²) in [6.07, 6.45) is 1.73. The third-order valence-electron chi connectivity index (χ3n) is 4.74. The highest BCUT2D eigenvalue weighted by molar-refractivity contribution is 5.66. The normalized spacial score (nSPS) is 12.7. The van der Waals surface area contributed by atoms with Gasteiger partial charge in [-0.25, -0.2) is 0 Å². The predicted molar refractivity (Wildman–Crippen MR) is 119 cm³/mol. The molecule has 8 nitrogen and oxygen atoms in total. The van der Waals surface area contributed by atoms with Crippen molar-refractivity contribution in [3.05, 3.63) is 53.8 Å². The first kappa shape index (κ1) is 24.7. The van der Waals surface area contributed by atoms with E-state index in [0.29, 0.717) is 40.7 Å². The average molecular weight is 446 g/mol. The van der Waals surface area contributed by atoms with E-state index >= 15 is 0 Å². The van der Waals surface area contributed by atoms with E-state index in [2.05, 4.69) is 0 Å². The molecule has 0 aliphatic carbocycles. The lowest BCUT2D eigenvalue weighted by Crippen LogP contribution is -2.26. The quantitative estimate of drug-likeness (QED) is 0.401. The second-order valence-corrected chi connectivity index (χ2v) is 6.89. The third kappa shape index (κ3) is 6.00. The predicted octanol–water partition coefficient (Wildman–Crippen LogP) is 4.41. The first-order chi connectivity index (χ1) is 15.4. The van der Waals surface area contributed by atoms with Gasteiger partial charge in [-0.1, -0.05) is 6.07 Å². The van der Waals surface area contributed by atoms with Gasteiger partial charge in [0.2, 0.25) is 5.75 Å². The Labute approximate surface area is 188 Å². The van der Waals surface area contributed by atoms with Gasteiger partial charge in [0, 0.05) is 12.5 Å². The fourth-order valence-electron chi connectivity index (χ4n) is 3.25. The van der Waals surface area contributed by atoms with Gasteiger partial charge in [-0.05, 0) is 49.2 Å². The summed E-state index contributed by atoms with van der Waals surface area (Å²) in [7, 11) is 6.13. The second-order valence-electron chi connectivity index (χ2n) is 6.89. The van der Waals surface area contributed by atoms with Crippen LogP contribution >= 0.6 is 0 Å². The number of aliphatic hydroxyl groups excluding tert-OH is 1. The van der Waals surface area contributed by atoms with E-state index in [4.69, 9.17) is 33.5 Å². The van der Waals surface area contributed by atoms with Crippen molar-refractivity contribution in [1.29, 1.82) is 0 Å². The van der Waals surface area contributed by atoms with E-state index in [9.17, 15) is 4.79 Å². The Morgan fingerprint density at radius 3 is 2.03 bits per heavy atom. The molecule has 0 saturated heterocycles. The molecule has 0 heterocycles. The lowest BCUT2D eigenvalue weighted by molar-refractivity contribution is -0.151. The van der Waals surface area contributed by atoms with E-state index in [1.807, 2.05) is 0 Å². The number of allylic oxidation sites excluding steroid dienone is 1. The minimum Gasteiger partial charge on any atom is -0.516 e. The third-order valence-corrected chi connectivity index (χ3v) is 4.74. The minimum absolute atomic E-state index is 0.372. The summed E-state index contributed by atoms with van der Waals surface area (Å²) in [6.45, 7) is 3.12. The van der Waals surface area contributed by atoms with Crippen LogP contribution < -0.4 is 23.7 Å². The van der Waals surface area contributed by atoms with Gasteiger partial charge >= 0.3 is 5.97 Å². The van der Waals surface area contributed by atoms with Gasteiger partial charge in [-0.15, -0.1) is 0 Å². The molecule has 0 aliphatic heterocycles. The van der Waals surface area contributed by atoms with Crippen LogP contribution in [0.2, 0.25) is 0 Å². The van der Waals surface area contributed by atoms with Crippen LogP contribution in [0.5, 0.6) is 28.7 Å². The molecule has 2 rings (SSSR count). The molecule has 0 saturated carbocycles. The fraction of sp³-hybridized carbons (Fsp3) is 0.375. The number of benzene rings is 2. The number of rotatable bonds is 11. The van der Waals surface area contributed by atoms with Crippen molar-refractivity contribution in [2.75, 3.05) is 28.4 Å². The summed E-state index contributed by atoms with van der Waals surface area (Å²) in [6, 6.07) is 8.85. The van der Waals surface area contributed by atoms with Crippen molar-refractivity contribution < 1.29 is 38.3 Å². The number of carbonyl (C=O) groups is 1. The molecule has 32 heavy (non-hydrogen) atoms. The number of aliphatic hydroxyl groups is 1. The summed E-state index contributed by atoms with van der Waals surface area (Å²) in [4.78, 5) is 11.8. The fourth-order valence-corrected chi connectivity index (χ4v) is 3.25. The van der Waals surface area contributed by atoms with Crippen LogP contribution in [-0.2, 0) is 16.0 Å². The Morgan fingerprint density at radius 2 is 1.53 bits per heavy atom. The summed E-state index contributed by atoms with van der Waals surface area (Å²) < 4.78 is 33.5. The zero-order valence-corrected chi connectivity index (χ0v) is 19.2. The maximum absolute atomic E-state index is 11.8. The van der Waals surface area contributed by atoms with Crippen molar-refractivity contribution in [3.8, 4) is 28.7 Å². The Bertz CT molecular complexity index is 913. The summed E-state index contributed by atoms with van der Waals surface area (Å²) >= 11 is 0. The van der Waals surface area contributed by atoms with Crippen molar-refractivity contribution in [2.45, 2.75) is 32.5 Å². The topological polar surface area (TPSA) is 92.7 Å². The molecule has 2 aromatic rings. The first-order valence-electron chi connectivity index (χ1n) is 9.98. The van der Waals surface area contributed by atoms with Crippen LogP contribution in [0.1, 0.15) is 31.1 Å². The molecule has 0 bridgehead atoms. The van der Waals surface area contributed by atoms with Gasteiger partial charge < -0.3 is 33.5 Å². The Kier molecular flexibility index (Phi) is 9.07. The zero-order valence-electron chi connectivity index (χ0n) is 19.2. The molecule has 1 N–H and O–H groups in total. The van der Waals surface area contributed by atoms with E-state index in [1.54, 1.807) is 50.4 Å². The van der Waals surface area contributed by atoms with Crippen LogP contribution in [0.3, 0.4) is 0 Å². The number of esters is 1. The maximum atomic E-state index is 11.8. The highest BCUT2D eigenvalue weighted by Gasteiger charge is 2.28. The van der Waals surface area contributed by atoms with E-state index in [1.165, 1.54) is 28.3 Å². The SMILES string of the molecule is COc1ccc([C@@H](OC(C)=O)[C@H](C)Oc2c(OC)cc(C/C=C/O)cc2OC)cc1OC. The molecule has 0 amide bonds. The molecule has 0 aliphatic rings. The molecule has 0 spiro atoms. The maximum Gasteiger partial charge on any atom is 0.303 e. The molecule has 174 valence electrons. The van der Waals surface area contributed by atoms with Crippen molar-refractivity contribution in [3.63, 3.8) is 0 Å². The molecule has 0 radical (unpaired) electrons. The van der Waals surface area contributed by atoms with Gasteiger partial charge in [-0.3, -0.25) is 4.79 Å². The largest absolute Gasteiger partial charge is 0.516 e. The van der Waals surface area contributed by atoms with E-state index < -0.39 is 18.2 Å². The molecule has 0 aromatic heterocycles. The standard InChI is InChI=1S/C24H30O8/c1-15(23(32-16(2)26)18-9-10-19(27-3)20(14-18)28-4)31-24-21(29-5)12-17(8-7-11-25)13-22(24)30-6/h7,9-15,23,25H,8H2,1-6H3/b11-7+/t15-,23-/m0/s1. The second kappa shape index (κ2) is 11.7. The Hall–Kier alpha value is -3.55. The summed E-state index contributed by atoms with van der Waals surface area (Å²) in [5.74, 6) is 1.88. The molecular formula is C24H30O8. The molecule has 2 atom stereocenters. The Morgan fingerprint density at radius 1 is 0.938 bits per heavy atom. The van der Waals surface area contributed by atoms with Crippen LogP contribution in [0.25, 0.3) is 0 Å². The smallest absolute Gasteiger partial charge is 0.303 e. The molecule has 2 aromatic carbocycles. The minimum atomic E-state index is -0.737. The highest BCUT2D eigenvalue weighted by Crippen LogP contribution is 2.41. The summed E-state index contributed by atoms with van der Waals surface area (Å²) in [5, 5.41) is 8.94. The number of ether oxygens (including phenoxy) is 6. The summed E-state index contributed by atoms with van der Waals surface area (Å²) in [5.41, 5.74) is 1.54. The molecule has 0 unspecified atom stereocenters. The van der Waals surface area contributed by atoms with Crippen molar-refractivity contribution in [2.24, 2.45) is 0 Å². The number of carbonyl (C=O) groups excluding carboxylic acids is 1. The van der Waals surface area contributed by atoms with Crippen LogP contribution in [0, 0.1) is 0 Å². The number of hydrogen-bond donors (Lipinski definition) is 1. The zero-order chi connectivity index (χ0) is 23.7. The van der Waals surface area contributed by atoms with Crippen LogP contribution in [0.15, 0.2) is 42.7 Å². The lowest BCUT2D eigenvalue weighted by Gasteiger charge is -2.27. The average Bonchev–Trinajstić information content (AvgIpc) is 2.80. The van der Waals surface area contributed by atoms with Crippen LogP contribution in [0.4, 0.5) is 0 Å².